The van der Waals surface area contributed by atoms with Crippen LogP contribution in [0.1, 0.15) is 50.1 Å². The molecule has 0 N–H and O–H groups in total. The Kier molecular flexibility index (Phi) is 8.24. The van der Waals surface area contributed by atoms with Crippen molar-refractivity contribution >= 4 is 73.9 Å². The van der Waals surface area contributed by atoms with Crippen molar-refractivity contribution in [3.63, 3.8) is 0 Å². The number of unbranched alkanes of at least 4 members (excludes halogenated alkanes) is 2. The summed E-state index contributed by atoms with van der Waals surface area (Å²) in [5, 5.41) is 1.74. The lowest BCUT2D eigenvalue weighted by atomic mass is 10.1. The molecule has 0 radical (unpaired) electrons. The Balaban J connectivity index is 1.60. The number of hydrogen-bond acceptors (Lipinski definition) is 6. The van der Waals surface area contributed by atoms with Crippen LogP contribution in [0.25, 0.3) is 33.7 Å². The number of halogens is 2. The van der Waals surface area contributed by atoms with Crippen molar-refractivity contribution in [1.82, 2.24) is 15.0 Å². The Morgan fingerprint density at radius 3 is 2.24 bits per heavy atom. The van der Waals surface area contributed by atoms with Crippen LogP contribution in [0.3, 0.4) is 0 Å². The summed E-state index contributed by atoms with van der Waals surface area (Å²) in [6, 6.07) is 9.87. The van der Waals surface area contributed by atoms with Crippen LogP contribution in [0.5, 0.6) is 5.75 Å². The van der Waals surface area contributed by atoms with E-state index in [-0.39, 0.29) is 0 Å². The van der Waals surface area contributed by atoms with Gasteiger partial charge in [-0.3, -0.25) is 0 Å². The van der Waals surface area contributed by atoms with Gasteiger partial charge < -0.3 is 9.64 Å². The average molecular weight is 516 g/mol. The smallest absolute Gasteiger partial charge is 0.190 e. The molecular formula is C26H28Cl2N4OS. The highest BCUT2D eigenvalue weighted by Gasteiger charge is 2.11. The molecule has 2 heterocycles. The zero-order valence-electron chi connectivity index (χ0n) is 19.6. The summed E-state index contributed by atoms with van der Waals surface area (Å²) in [4.78, 5) is 17.1. The van der Waals surface area contributed by atoms with E-state index < -0.39 is 0 Å². The molecule has 0 saturated heterocycles. The fraction of sp³-hybridized carbons (Fsp3) is 0.346. The van der Waals surface area contributed by atoms with Crippen LogP contribution in [-0.4, -0.2) is 35.2 Å². The van der Waals surface area contributed by atoms with Gasteiger partial charge in [0, 0.05) is 30.4 Å². The van der Waals surface area contributed by atoms with Gasteiger partial charge in [-0.2, -0.15) is 0 Å². The van der Waals surface area contributed by atoms with Crippen LogP contribution >= 0.6 is 34.5 Å². The van der Waals surface area contributed by atoms with E-state index in [0.29, 0.717) is 26.7 Å². The number of methoxy groups -OCH3 is 1. The van der Waals surface area contributed by atoms with Crippen LogP contribution in [0, 0.1) is 0 Å². The van der Waals surface area contributed by atoms with E-state index in [1.165, 1.54) is 42.7 Å². The molecule has 0 unspecified atom stereocenters. The molecule has 0 aliphatic rings. The van der Waals surface area contributed by atoms with E-state index in [9.17, 15) is 0 Å². The van der Waals surface area contributed by atoms with Gasteiger partial charge in [0.1, 0.15) is 10.8 Å². The highest BCUT2D eigenvalue weighted by Crippen LogP contribution is 2.31. The molecule has 5 nitrogen and oxygen atoms in total. The van der Waals surface area contributed by atoms with Crippen LogP contribution < -0.4 is 9.64 Å². The zero-order valence-corrected chi connectivity index (χ0v) is 22.0. The molecule has 0 fully saturated rings. The van der Waals surface area contributed by atoms with E-state index in [2.05, 4.69) is 51.9 Å². The number of aromatic nitrogens is 3. The summed E-state index contributed by atoms with van der Waals surface area (Å²) in [7, 11) is 1.71. The average Bonchev–Trinajstić information content (AvgIpc) is 3.23. The number of hydrogen-bond donors (Lipinski definition) is 0. The summed E-state index contributed by atoms with van der Waals surface area (Å²) in [6.45, 7) is 6.58. The summed E-state index contributed by atoms with van der Waals surface area (Å²) in [5.41, 5.74) is 4.18. The standard InChI is InChI=1S/C26H28Cl2N4OS/c1-4-6-12-32(13-7-5-2)18-10-8-17(23(14-18)33-3)9-11-24-31-25-26(34-24)30-22-16-20(28)19(27)15-21(22)29-25/h8-11,14-16H,4-7,12-13H2,1-3H3/b11-9+. The maximum atomic E-state index is 6.13. The SMILES string of the molecule is CCCCN(CCCC)c1ccc(/C=C/c2nc3nc4cc(Cl)c(Cl)cc4nc3s2)c(OC)c1. The molecule has 8 heteroatoms. The molecule has 0 aliphatic carbocycles. The molecule has 0 saturated carbocycles. The molecule has 0 atom stereocenters. The first kappa shape index (κ1) is 24.7. The van der Waals surface area contributed by atoms with Crippen molar-refractivity contribution in [1.29, 1.82) is 0 Å². The van der Waals surface area contributed by atoms with Crippen molar-refractivity contribution in [2.45, 2.75) is 39.5 Å². The summed E-state index contributed by atoms with van der Waals surface area (Å²) in [6.07, 6.45) is 8.73. The Hall–Kier alpha value is -2.41. The molecule has 2 aromatic carbocycles. The van der Waals surface area contributed by atoms with E-state index in [1.807, 2.05) is 12.2 Å². The van der Waals surface area contributed by atoms with Gasteiger partial charge in [-0.15, -0.1) is 0 Å². The Labute approximate surface area is 214 Å². The van der Waals surface area contributed by atoms with Gasteiger partial charge in [0.2, 0.25) is 0 Å². The van der Waals surface area contributed by atoms with Gasteiger partial charge >= 0.3 is 0 Å². The highest BCUT2D eigenvalue weighted by atomic mass is 35.5. The summed E-state index contributed by atoms with van der Waals surface area (Å²) < 4.78 is 5.72. The molecule has 0 bridgehead atoms. The van der Waals surface area contributed by atoms with Crippen molar-refractivity contribution < 1.29 is 4.74 Å². The predicted molar refractivity (Wildman–Crippen MR) is 147 cm³/mol. The molecule has 4 aromatic rings. The minimum atomic E-state index is 0.455. The first-order valence-corrected chi connectivity index (χ1v) is 13.1. The molecular weight excluding hydrogens is 487 g/mol. The molecule has 178 valence electrons. The molecule has 0 spiro atoms. The normalized spacial score (nSPS) is 11.7. The van der Waals surface area contributed by atoms with Gasteiger partial charge in [-0.05, 0) is 49.3 Å². The third-order valence-corrected chi connectivity index (χ3v) is 7.25. The first-order valence-electron chi connectivity index (χ1n) is 11.6. The number of fused-ring (bicyclic) bond motifs is 2. The van der Waals surface area contributed by atoms with Crippen LogP contribution in [-0.2, 0) is 0 Å². The van der Waals surface area contributed by atoms with Gasteiger partial charge in [0.05, 0.1) is 28.2 Å². The van der Waals surface area contributed by atoms with Crippen molar-refractivity contribution in [2.24, 2.45) is 0 Å². The van der Waals surface area contributed by atoms with Gasteiger partial charge in [-0.25, -0.2) is 15.0 Å². The topological polar surface area (TPSA) is 51.1 Å². The second kappa shape index (κ2) is 11.3. The molecule has 34 heavy (non-hydrogen) atoms. The number of anilines is 1. The zero-order chi connectivity index (χ0) is 24.1. The van der Waals surface area contributed by atoms with Crippen molar-refractivity contribution in [3.05, 3.63) is 50.9 Å². The van der Waals surface area contributed by atoms with E-state index in [4.69, 9.17) is 27.9 Å². The number of rotatable bonds is 10. The second-order valence-electron chi connectivity index (χ2n) is 8.11. The summed E-state index contributed by atoms with van der Waals surface area (Å²) in [5.74, 6) is 0.846. The Bertz CT molecular complexity index is 1250. The fourth-order valence-electron chi connectivity index (χ4n) is 3.73. The first-order chi connectivity index (χ1) is 16.5. The Morgan fingerprint density at radius 1 is 0.912 bits per heavy atom. The van der Waals surface area contributed by atoms with Crippen LogP contribution in [0.15, 0.2) is 30.3 Å². The largest absolute Gasteiger partial charge is 0.496 e. The van der Waals surface area contributed by atoms with Crippen molar-refractivity contribution in [3.8, 4) is 5.75 Å². The minimum Gasteiger partial charge on any atom is -0.496 e. The quantitative estimate of drug-likeness (QED) is 0.213. The van der Waals surface area contributed by atoms with Crippen molar-refractivity contribution in [2.75, 3.05) is 25.1 Å². The number of nitrogens with zero attached hydrogens (tertiary/aromatic N) is 4. The van der Waals surface area contributed by atoms with Crippen LogP contribution in [0.2, 0.25) is 10.0 Å². The molecule has 4 rings (SSSR count). The maximum Gasteiger partial charge on any atom is 0.190 e. The van der Waals surface area contributed by atoms with Gasteiger partial charge in [0.15, 0.2) is 10.5 Å². The highest BCUT2D eigenvalue weighted by molar-refractivity contribution is 7.18. The lowest BCUT2D eigenvalue weighted by Crippen LogP contribution is -2.25. The molecule has 2 aromatic heterocycles. The van der Waals surface area contributed by atoms with E-state index in [0.717, 1.165) is 34.2 Å². The lowest BCUT2D eigenvalue weighted by molar-refractivity contribution is 0.414. The number of thiazole rings is 1. The van der Waals surface area contributed by atoms with E-state index in [1.54, 1.807) is 19.2 Å². The fourth-order valence-corrected chi connectivity index (χ4v) is 4.84. The summed E-state index contributed by atoms with van der Waals surface area (Å²) >= 11 is 13.7. The monoisotopic (exact) mass is 514 g/mol. The number of ether oxygens (including phenoxy) is 1. The number of benzene rings is 2. The minimum absolute atomic E-state index is 0.455. The maximum absolute atomic E-state index is 6.13. The lowest BCUT2D eigenvalue weighted by Gasteiger charge is -2.25. The second-order valence-corrected chi connectivity index (χ2v) is 9.94. The molecule has 0 amide bonds. The Morgan fingerprint density at radius 2 is 1.59 bits per heavy atom. The van der Waals surface area contributed by atoms with Gasteiger partial charge in [0.25, 0.3) is 0 Å². The third kappa shape index (κ3) is 5.62. The predicted octanol–water partition coefficient (Wildman–Crippen LogP) is 8.13. The molecule has 0 aliphatic heterocycles. The van der Waals surface area contributed by atoms with Gasteiger partial charge in [-0.1, -0.05) is 61.2 Å². The third-order valence-electron chi connectivity index (χ3n) is 5.63. The van der Waals surface area contributed by atoms with Crippen LogP contribution in [0.4, 0.5) is 5.69 Å². The van der Waals surface area contributed by atoms with E-state index >= 15 is 0 Å².